The van der Waals surface area contributed by atoms with Crippen LogP contribution in [0.2, 0.25) is 0 Å². The molecule has 0 atom stereocenters. The number of nitrogens with one attached hydrogen (secondary N) is 1. The van der Waals surface area contributed by atoms with Crippen LogP contribution in [0.5, 0.6) is 0 Å². The summed E-state index contributed by atoms with van der Waals surface area (Å²) < 4.78 is 1.81. The number of anilines is 2. The van der Waals surface area contributed by atoms with E-state index in [-0.39, 0.29) is 5.54 Å². The Kier molecular flexibility index (Phi) is 3.27. The molecule has 0 aliphatic heterocycles. The first-order valence-corrected chi connectivity index (χ1v) is 5.50. The number of nitrogens with zero attached hydrogens (tertiary/aromatic N) is 2. The number of nitrogens with two attached hydrogens (primary N) is 1. The fourth-order valence-electron chi connectivity index (χ4n) is 1.54. The molecule has 0 aliphatic carbocycles. The largest absolute Gasteiger partial charge is 0.394 e. The van der Waals surface area contributed by atoms with Gasteiger partial charge in [0.2, 0.25) is 0 Å². The van der Waals surface area contributed by atoms with Gasteiger partial charge in [0.1, 0.15) is 5.82 Å². The van der Waals surface area contributed by atoms with E-state index in [4.69, 9.17) is 5.73 Å². The minimum atomic E-state index is 0.0916. The Morgan fingerprint density at radius 2 is 1.93 bits per heavy atom. The van der Waals surface area contributed by atoms with Gasteiger partial charge in [0, 0.05) is 12.6 Å². The van der Waals surface area contributed by atoms with Gasteiger partial charge in [0.25, 0.3) is 0 Å². The van der Waals surface area contributed by atoms with Crippen molar-refractivity contribution in [2.75, 3.05) is 11.1 Å². The molecule has 1 rings (SSSR count). The van der Waals surface area contributed by atoms with Crippen LogP contribution in [0.15, 0.2) is 0 Å². The Hall–Kier alpha value is -1.19. The predicted molar refractivity (Wildman–Crippen MR) is 65.0 cm³/mol. The van der Waals surface area contributed by atoms with E-state index in [2.05, 4.69) is 31.2 Å². The first kappa shape index (κ1) is 11.9. The highest BCUT2D eigenvalue weighted by molar-refractivity contribution is 5.65. The fraction of sp³-hybridized carbons (Fsp3) is 0.727. The van der Waals surface area contributed by atoms with Crippen LogP contribution in [-0.4, -0.2) is 15.3 Å². The summed E-state index contributed by atoms with van der Waals surface area (Å²) in [6.07, 6.45) is 2.13. The zero-order valence-electron chi connectivity index (χ0n) is 10.4. The van der Waals surface area contributed by atoms with E-state index < -0.39 is 0 Å². The van der Waals surface area contributed by atoms with E-state index in [1.165, 1.54) is 0 Å². The van der Waals surface area contributed by atoms with Gasteiger partial charge in [-0.15, -0.1) is 0 Å². The molecule has 86 valence electrons. The van der Waals surface area contributed by atoms with Crippen molar-refractivity contribution in [2.45, 2.75) is 46.1 Å². The molecule has 0 saturated heterocycles. The van der Waals surface area contributed by atoms with Crippen molar-refractivity contribution in [1.29, 1.82) is 0 Å². The molecule has 3 N–H and O–H groups in total. The van der Waals surface area contributed by atoms with Crippen molar-refractivity contribution in [3.63, 3.8) is 0 Å². The minimum Gasteiger partial charge on any atom is -0.394 e. The van der Waals surface area contributed by atoms with Crippen molar-refractivity contribution >= 4 is 11.5 Å². The lowest BCUT2D eigenvalue weighted by Gasteiger charge is -2.29. The first-order chi connectivity index (χ1) is 6.93. The second kappa shape index (κ2) is 4.13. The van der Waals surface area contributed by atoms with Crippen molar-refractivity contribution in [2.24, 2.45) is 7.05 Å². The lowest BCUT2D eigenvalue weighted by molar-refractivity contribution is 0.473. The summed E-state index contributed by atoms with van der Waals surface area (Å²) in [5.41, 5.74) is 7.70. The number of aryl methyl sites for hydroxylation is 2. The number of hydrogen-bond acceptors (Lipinski definition) is 3. The van der Waals surface area contributed by atoms with Crippen LogP contribution in [0.4, 0.5) is 11.5 Å². The molecule has 1 aromatic heterocycles. The summed E-state index contributed by atoms with van der Waals surface area (Å²) in [4.78, 5) is 0. The maximum Gasteiger partial charge on any atom is 0.148 e. The normalized spacial score (nSPS) is 11.8. The van der Waals surface area contributed by atoms with Crippen LogP contribution in [0, 0.1) is 6.92 Å². The van der Waals surface area contributed by atoms with Gasteiger partial charge in [-0.3, -0.25) is 4.68 Å². The number of nitrogen functional groups attached to an aromatic ring is 1. The maximum absolute atomic E-state index is 5.97. The van der Waals surface area contributed by atoms with E-state index in [9.17, 15) is 0 Å². The van der Waals surface area contributed by atoms with Gasteiger partial charge in [-0.1, -0.05) is 13.8 Å². The second-order valence-electron chi connectivity index (χ2n) is 4.36. The molecule has 0 unspecified atom stereocenters. The second-order valence-corrected chi connectivity index (χ2v) is 4.36. The highest BCUT2D eigenvalue weighted by atomic mass is 15.3. The Bertz CT molecular complexity index is 337. The Labute approximate surface area is 91.8 Å². The molecular weight excluding hydrogens is 188 g/mol. The average Bonchev–Trinajstić information content (AvgIpc) is 2.45. The standard InChI is InChI=1S/C11H22N4/c1-6-11(4,7-2)13-10-9(12)8(3)14-15(10)5/h13H,6-7,12H2,1-5H3. The maximum atomic E-state index is 5.97. The van der Waals surface area contributed by atoms with E-state index in [1.807, 2.05) is 18.7 Å². The molecule has 0 fully saturated rings. The third-order valence-corrected chi connectivity index (χ3v) is 3.25. The summed E-state index contributed by atoms with van der Waals surface area (Å²) >= 11 is 0. The van der Waals surface area contributed by atoms with Crippen LogP contribution >= 0.6 is 0 Å². The fourth-order valence-corrected chi connectivity index (χ4v) is 1.54. The molecule has 0 saturated carbocycles. The third-order valence-electron chi connectivity index (χ3n) is 3.25. The number of rotatable bonds is 4. The number of aromatic nitrogens is 2. The molecule has 0 amide bonds. The summed E-state index contributed by atoms with van der Waals surface area (Å²) in [5, 5.41) is 7.78. The van der Waals surface area contributed by atoms with Crippen molar-refractivity contribution < 1.29 is 0 Å². The van der Waals surface area contributed by atoms with Crippen LogP contribution < -0.4 is 11.1 Å². The van der Waals surface area contributed by atoms with E-state index in [0.717, 1.165) is 30.0 Å². The van der Waals surface area contributed by atoms with Gasteiger partial charge >= 0.3 is 0 Å². The van der Waals surface area contributed by atoms with E-state index in [1.54, 1.807) is 0 Å². The zero-order valence-corrected chi connectivity index (χ0v) is 10.4. The Morgan fingerprint density at radius 3 is 2.27 bits per heavy atom. The lowest BCUT2D eigenvalue weighted by atomic mass is 9.95. The van der Waals surface area contributed by atoms with Crippen molar-refractivity contribution in [3.05, 3.63) is 5.69 Å². The molecular formula is C11H22N4. The Balaban J connectivity index is 2.98. The van der Waals surface area contributed by atoms with Crippen LogP contribution in [0.3, 0.4) is 0 Å². The van der Waals surface area contributed by atoms with E-state index in [0.29, 0.717) is 0 Å². The number of hydrogen-bond donors (Lipinski definition) is 2. The molecule has 0 aliphatic rings. The molecule has 1 heterocycles. The summed E-state index contributed by atoms with van der Waals surface area (Å²) in [6.45, 7) is 8.48. The SMILES string of the molecule is CCC(C)(CC)Nc1c(N)c(C)nn1C. The smallest absolute Gasteiger partial charge is 0.148 e. The topological polar surface area (TPSA) is 55.9 Å². The van der Waals surface area contributed by atoms with Crippen molar-refractivity contribution in [3.8, 4) is 0 Å². The molecule has 0 spiro atoms. The lowest BCUT2D eigenvalue weighted by Crippen LogP contribution is -2.34. The van der Waals surface area contributed by atoms with Crippen LogP contribution in [0.1, 0.15) is 39.3 Å². The molecule has 0 aromatic carbocycles. The summed E-state index contributed by atoms with van der Waals surface area (Å²) in [6, 6.07) is 0. The van der Waals surface area contributed by atoms with E-state index >= 15 is 0 Å². The zero-order chi connectivity index (χ0) is 11.6. The predicted octanol–water partition coefficient (Wildman–Crippen LogP) is 2.30. The molecule has 4 nitrogen and oxygen atoms in total. The highest BCUT2D eigenvalue weighted by Crippen LogP contribution is 2.27. The molecule has 1 aromatic rings. The van der Waals surface area contributed by atoms with Gasteiger partial charge in [-0.2, -0.15) is 5.10 Å². The van der Waals surface area contributed by atoms with Gasteiger partial charge in [-0.25, -0.2) is 0 Å². The molecule has 15 heavy (non-hydrogen) atoms. The molecule has 4 heteroatoms. The average molecular weight is 210 g/mol. The van der Waals surface area contributed by atoms with Crippen LogP contribution in [0.25, 0.3) is 0 Å². The van der Waals surface area contributed by atoms with Crippen molar-refractivity contribution in [1.82, 2.24) is 9.78 Å². The summed E-state index contributed by atoms with van der Waals surface area (Å²) in [5.74, 6) is 0.929. The van der Waals surface area contributed by atoms with Gasteiger partial charge in [-0.05, 0) is 26.7 Å². The Morgan fingerprint density at radius 1 is 1.40 bits per heavy atom. The van der Waals surface area contributed by atoms with Crippen LogP contribution in [-0.2, 0) is 7.05 Å². The van der Waals surface area contributed by atoms with Gasteiger partial charge in [0.05, 0.1) is 11.4 Å². The quantitative estimate of drug-likeness (QED) is 0.801. The third kappa shape index (κ3) is 2.25. The highest BCUT2D eigenvalue weighted by Gasteiger charge is 2.22. The first-order valence-electron chi connectivity index (χ1n) is 5.50. The molecule has 0 radical (unpaired) electrons. The van der Waals surface area contributed by atoms with Gasteiger partial charge in [0.15, 0.2) is 0 Å². The monoisotopic (exact) mass is 210 g/mol. The minimum absolute atomic E-state index is 0.0916. The molecule has 0 bridgehead atoms. The van der Waals surface area contributed by atoms with Gasteiger partial charge < -0.3 is 11.1 Å². The summed E-state index contributed by atoms with van der Waals surface area (Å²) in [7, 11) is 1.91.